The van der Waals surface area contributed by atoms with E-state index in [1.807, 2.05) is 0 Å². The molecule has 0 saturated carbocycles. The monoisotopic (exact) mass is 220 g/mol. The highest BCUT2D eigenvalue weighted by Gasteiger charge is 2.13. The highest BCUT2D eigenvalue weighted by Crippen LogP contribution is 2.27. The molecule has 0 bridgehead atoms. The summed E-state index contributed by atoms with van der Waals surface area (Å²) in [5.74, 6) is 0.334. The maximum absolute atomic E-state index is 9.14. The number of allylic oxidation sites excluding steroid dienone is 4. The van der Waals surface area contributed by atoms with Gasteiger partial charge in [-0.05, 0) is 36.8 Å². The first-order valence-electron chi connectivity index (χ1n) is 6.45. The van der Waals surface area contributed by atoms with Gasteiger partial charge in [0, 0.05) is 12.5 Å². The Hall–Kier alpha value is -0.820. The molecule has 1 atom stereocenters. The molecule has 1 N–H and O–H groups in total. The van der Waals surface area contributed by atoms with Gasteiger partial charge in [0.25, 0.3) is 0 Å². The van der Waals surface area contributed by atoms with Gasteiger partial charge in [0.05, 0.1) is 0 Å². The second-order valence-corrected chi connectivity index (χ2v) is 4.61. The summed E-state index contributed by atoms with van der Waals surface area (Å²) >= 11 is 0. The summed E-state index contributed by atoms with van der Waals surface area (Å²) < 4.78 is 0. The van der Waals surface area contributed by atoms with Crippen molar-refractivity contribution in [1.82, 2.24) is 0 Å². The van der Waals surface area contributed by atoms with Crippen molar-refractivity contribution in [2.75, 3.05) is 6.61 Å². The van der Waals surface area contributed by atoms with Crippen molar-refractivity contribution in [1.29, 1.82) is 0 Å². The minimum absolute atomic E-state index is 0.264. The average Bonchev–Trinajstić information content (AvgIpc) is 2.31. The number of rotatable bonds is 6. The quantitative estimate of drug-likeness (QED) is 0.671. The first-order chi connectivity index (χ1) is 7.77. The molecule has 0 aromatic heterocycles. The zero-order valence-electron chi connectivity index (χ0n) is 10.4. The van der Waals surface area contributed by atoms with Crippen molar-refractivity contribution in [2.45, 2.75) is 45.4 Å². The fourth-order valence-corrected chi connectivity index (χ4v) is 2.00. The van der Waals surface area contributed by atoms with Crippen LogP contribution in [-0.4, -0.2) is 11.7 Å². The molecule has 0 aromatic rings. The minimum atomic E-state index is 0.264. The van der Waals surface area contributed by atoms with Gasteiger partial charge in [0.1, 0.15) is 0 Å². The van der Waals surface area contributed by atoms with Gasteiger partial charge in [0.15, 0.2) is 0 Å². The molecule has 16 heavy (non-hydrogen) atoms. The Labute approximate surface area is 99.6 Å². The second kappa shape index (κ2) is 7.45. The van der Waals surface area contributed by atoms with Gasteiger partial charge in [0.2, 0.25) is 0 Å². The van der Waals surface area contributed by atoms with Crippen LogP contribution in [0, 0.1) is 5.92 Å². The van der Waals surface area contributed by atoms with Crippen LogP contribution in [0.25, 0.3) is 0 Å². The number of hydrogen-bond donors (Lipinski definition) is 1. The average molecular weight is 220 g/mol. The van der Waals surface area contributed by atoms with Crippen LogP contribution in [0.2, 0.25) is 0 Å². The summed E-state index contributed by atoms with van der Waals surface area (Å²) in [6, 6.07) is 0. The Morgan fingerprint density at radius 3 is 3.00 bits per heavy atom. The Morgan fingerprint density at radius 1 is 1.50 bits per heavy atom. The van der Waals surface area contributed by atoms with Crippen molar-refractivity contribution in [3.8, 4) is 0 Å². The Morgan fingerprint density at radius 2 is 2.31 bits per heavy atom. The van der Waals surface area contributed by atoms with Gasteiger partial charge in [-0.1, -0.05) is 44.6 Å². The topological polar surface area (TPSA) is 20.2 Å². The molecule has 90 valence electrons. The molecule has 0 aliphatic heterocycles. The molecular weight excluding hydrogens is 196 g/mol. The van der Waals surface area contributed by atoms with E-state index in [4.69, 9.17) is 5.11 Å². The standard InChI is InChI=1S/C15H24O/c1-3-4-5-6-7-8-15-11-14(12-16)10-9-13(15)2/h7-8,11,14,16H,2-6,9-10,12H2,1H3/b8-7+. The van der Waals surface area contributed by atoms with E-state index in [2.05, 4.69) is 31.7 Å². The lowest BCUT2D eigenvalue weighted by molar-refractivity contribution is 0.244. The van der Waals surface area contributed by atoms with Crippen LogP contribution in [-0.2, 0) is 0 Å². The van der Waals surface area contributed by atoms with Crippen LogP contribution >= 0.6 is 0 Å². The summed E-state index contributed by atoms with van der Waals surface area (Å²) in [7, 11) is 0. The zero-order valence-corrected chi connectivity index (χ0v) is 10.4. The number of aliphatic hydroxyl groups excluding tert-OH is 1. The first-order valence-corrected chi connectivity index (χ1v) is 6.45. The molecular formula is C15H24O. The highest BCUT2D eigenvalue weighted by molar-refractivity contribution is 5.40. The van der Waals surface area contributed by atoms with Gasteiger partial charge >= 0.3 is 0 Å². The molecule has 0 radical (unpaired) electrons. The fourth-order valence-electron chi connectivity index (χ4n) is 2.00. The first kappa shape index (κ1) is 13.2. The predicted molar refractivity (Wildman–Crippen MR) is 70.3 cm³/mol. The van der Waals surface area contributed by atoms with E-state index in [9.17, 15) is 0 Å². The normalized spacial score (nSPS) is 21.5. The lowest BCUT2D eigenvalue weighted by Crippen LogP contribution is -2.09. The maximum atomic E-state index is 9.14. The SMILES string of the molecule is C=C1CCC(CO)C=C1/C=C/CCCCC. The molecule has 1 nitrogen and oxygen atoms in total. The molecule has 0 fully saturated rings. The summed E-state index contributed by atoms with van der Waals surface area (Å²) in [4.78, 5) is 0. The molecule has 0 amide bonds. The molecule has 0 aromatic carbocycles. The van der Waals surface area contributed by atoms with Crippen LogP contribution < -0.4 is 0 Å². The predicted octanol–water partition coefficient (Wildman–Crippen LogP) is 4.01. The van der Waals surface area contributed by atoms with Crippen LogP contribution in [0.15, 0.2) is 36.0 Å². The Bertz CT molecular complexity index is 273. The molecule has 0 saturated heterocycles. The van der Waals surface area contributed by atoms with E-state index in [-0.39, 0.29) is 6.61 Å². The van der Waals surface area contributed by atoms with Crippen molar-refractivity contribution >= 4 is 0 Å². The smallest absolute Gasteiger partial charge is 0.0494 e. The van der Waals surface area contributed by atoms with Gasteiger partial charge in [-0.2, -0.15) is 0 Å². The zero-order chi connectivity index (χ0) is 11.8. The van der Waals surface area contributed by atoms with Crippen LogP contribution in [0.3, 0.4) is 0 Å². The third kappa shape index (κ3) is 4.36. The van der Waals surface area contributed by atoms with E-state index in [1.54, 1.807) is 0 Å². The number of hydrogen-bond acceptors (Lipinski definition) is 1. The van der Waals surface area contributed by atoms with Gasteiger partial charge < -0.3 is 5.11 Å². The summed E-state index contributed by atoms with van der Waals surface area (Å²) in [6.45, 7) is 6.57. The van der Waals surface area contributed by atoms with Gasteiger partial charge in [-0.25, -0.2) is 0 Å². The largest absolute Gasteiger partial charge is 0.396 e. The number of aliphatic hydroxyl groups is 1. The molecule has 0 spiro atoms. The second-order valence-electron chi connectivity index (χ2n) is 4.61. The molecule has 1 aliphatic carbocycles. The highest BCUT2D eigenvalue weighted by atomic mass is 16.3. The van der Waals surface area contributed by atoms with E-state index >= 15 is 0 Å². The third-order valence-corrected chi connectivity index (χ3v) is 3.15. The Balaban J connectivity index is 2.43. The molecule has 1 unspecified atom stereocenters. The van der Waals surface area contributed by atoms with E-state index < -0.39 is 0 Å². The van der Waals surface area contributed by atoms with Crippen molar-refractivity contribution in [3.63, 3.8) is 0 Å². The maximum Gasteiger partial charge on any atom is 0.0494 e. The van der Waals surface area contributed by atoms with E-state index in [1.165, 1.54) is 30.4 Å². The Kier molecular flexibility index (Phi) is 6.17. The van der Waals surface area contributed by atoms with Crippen molar-refractivity contribution in [2.24, 2.45) is 5.92 Å². The van der Waals surface area contributed by atoms with Crippen LogP contribution in [0.4, 0.5) is 0 Å². The molecule has 1 aliphatic rings. The third-order valence-electron chi connectivity index (χ3n) is 3.15. The van der Waals surface area contributed by atoms with E-state index in [0.717, 1.165) is 19.3 Å². The number of unbranched alkanes of at least 4 members (excludes halogenated alkanes) is 3. The molecule has 1 rings (SSSR count). The fraction of sp³-hybridized carbons (Fsp3) is 0.600. The van der Waals surface area contributed by atoms with Crippen molar-refractivity contribution in [3.05, 3.63) is 36.0 Å². The van der Waals surface area contributed by atoms with Gasteiger partial charge in [-0.3, -0.25) is 0 Å². The molecule has 0 heterocycles. The summed E-state index contributed by atoms with van der Waals surface area (Å²) in [5, 5.41) is 9.14. The van der Waals surface area contributed by atoms with Crippen molar-refractivity contribution < 1.29 is 5.11 Å². The van der Waals surface area contributed by atoms with Crippen LogP contribution in [0.1, 0.15) is 45.4 Å². The lowest BCUT2D eigenvalue weighted by atomic mass is 9.87. The molecule has 1 heteroatoms. The minimum Gasteiger partial charge on any atom is -0.396 e. The lowest BCUT2D eigenvalue weighted by Gasteiger charge is -2.19. The van der Waals surface area contributed by atoms with Gasteiger partial charge in [-0.15, -0.1) is 0 Å². The van der Waals surface area contributed by atoms with E-state index in [0.29, 0.717) is 5.92 Å². The summed E-state index contributed by atoms with van der Waals surface area (Å²) in [6.07, 6.45) is 13.7. The summed E-state index contributed by atoms with van der Waals surface area (Å²) in [5.41, 5.74) is 2.46. The van der Waals surface area contributed by atoms with Crippen LogP contribution in [0.5, 0.6) is 0 Å².